The van der Waals surface area contributed by atoms with Crippen LogP contribution >= 0.6 is 0 Å². The molecular formula is C12H12N3OW-. The first kappa shape index (κ1) is 13.5. The molecule has 0 fully saturated rings. The summed E-state index contributed by atoms with van der Waals surface area (Å²) in [7, 11) is 0. The Bertz CT molecular complexity index is 466. The van der Waals surface area contributed by atoms with E-state index in [-0.39, 0.29) is 11.7 Å². The molecule has 0 radical (unpaired) electrons. The van der Waals surface area contributed by atoms with E-state index in [0.29, 0.717) is 3.90 Å². The van der Waals surface area contributed by atoms with Gasteiger partial charge in [0.05, 0.1) is 0 Å². The van der Waals surface area contributed by atoms with Gasteiger partial charge in [-0.05, 0) is 0 Å². The molecule has 88 valence electrons. The molecule has 0 aliphatic carbocycles. The van der Waals surface area contributed by atoms with Crippen LogP contribution in [0.4, 0.5) is 5.69 Å². The summed E-state index contributed by atoms with van der Waals surface area (Å²) in [5.74, 6) is -0.000246. The van der Waals surface area contributed by atoms with E-state index in [1.165, 1.54) is 6.20 Å². The maximum atomic E-state index is 11.8. The third kappa shape index (κ3) is 4.45. The number of amidine groups is 1. The number of hydrogen-bond donors (Lipinski definition) is 2. The third-order valence-corrected chi connectivity index (χ3v) is 3.22. The van der Waals surface area contributed by atoms with Crippen molar-refractivity contribution < 1.29 is 24.1 Å². The van der Waals surface area contributed by atoms with E-state index in [0.717, 1.165) is 25.0 Å². The van der Waals surface area contributed by atoms with Crippen LogP contribution in [0.1, 0.15) is 6.92 Å². The van der Waals surface area contributed by atoms with Gasteiger partial charge in [0, 0.05) is 0 Å². The number of rotatable bonds is 4. The summed E-state index contributed by atoms with van der Waals surface area (Å²) in [6.07, 6.45) is 4.15. The molecule has 0 heterocycles. The van der Waals surface area contributed by atoms with Crippen LogP contribution in [0.2, 0.25) is 0 Å². The van der Waals surface area contributed by atoms with Gasteiger partial charge in [0.1, 0.15) is 0 Å². The van der Waals surface area contributed by atoms with E-state index in [9.17, 15) is 4.79 Å². The summed E-state index contributed by atoms with van der Waals surface area (Å²) in [4.78, 5) is 15.7. The summed E-state index contributed by atoms with van der Waals surface area (Å²) < 4.78 is 0.459. The molecule has 0 saturated carbocycles. The van der Waals surface area contributed by atoms with Crippen molar-refractivity contribution in [2.24, 2.45) is 10.7 Å². The van der Waals surface area contributed by atoms with Crippen LogP contribution in [-0.2, 0) is 24.1 Å². The zero-order valence-electron chi connectivity index (χ0n) is 9.31. The number of aliphatic imine (C=N–C) groups is 1. The SMILES string of the molecule is C[C-]=CN=C(N)[C](=[W])C(=O)Nc1ccccc1. The molecule has 0 bridgehead atoms. The fraction of sp³-hybridized carbons (Fsp3) is 0.0833. The van der Waals surface area contributed by atoms with Gasteiger partial charge in [-0.2, -0.15) is 0 Å². The normalized spacial score (nSPS) is 11.5. The van der Waals surface area contributed by atoms with Crippen molar-refractivity contribution in [3.63, 3.8) is 0 Å². The van der Waals surface area contributed by atoms with Crippen molar-refractivity contribution >= 4 is 21.3 Å². The predicted molar refractivity (Wildman–Crippen MR) is 65.2 cm³/mol. The molecule has 1 aromatic carbocycles. The van der Waals surface area contributed by atoms with E-state index in [2.05, 4.69) is 16.4 Å². The van der Waals surface area contributed by atoms with Crippen molar-refractivity contribution in [1.29, 1.82) is 0 Å². The molecular weight excluding hydrogens is 386 g/mol. The molecule has 17 heavy (non-hydrogen) atoms. The van der Waals surface area contributed by atoms with Crippen LogP contribution in [0.5, 0.6) is 0 Å². The Morgan fingerprint density at radius 3 is 2.71 bits per heavy atom. The summed E-state index contributed by atoms with van der Waals surface area (Å²) in [6.45, 7) is 1.71. The topological polar surface area (TPSA) is 67.5 Å². The van der Waals surface area contributed by atoms with Gasteiger partial charge in [-0.15, -0.1) is 0 Å². The van der Waals surface area contributed by atoms with Crippen LogP contribution in [0, 0.1) is 6.08 Å². The second-order valence-electron chi connectivity index (χ2n) is 3.08. The number of carbonyl (C=O) groups excluding carboxylic acids is 1. The quantitative estimate of drug-likeness (QED) is 0.452. The number of hydrogen-bond acceptors (Lipinski definition) is 2. The number of amides is 1. The first-order chi connectivity index (χ1) is 8.15. The molecule has 0 unspecified atom stereocenters. The van der Waals surface area contributed by atoms with Gasteiger partial charge >= 0.3 is 111 Å². The first-order valence-electron chi connectivity index (χ1n) is 4.88. The number of nitrogens with zero attached hydrogens (tertiary/aromatic N) is 1. The van der Waals surface area contributed by atoms with Gasteiger partial charge < -0.3 is 0 Å². The van der Waals surface area contributed by atoms with Crippen LogP contribution in [-0.4, -0.2) is 15.6 Å². The molecule has 0 aliphatic heterocycles. The number of benzene rings is 1. The number of nitrogens with two attached hydrogens (primary N) is 1. The van der Waals surface area contributed by atoms with Crippen molar-refractivity contribution in [3.8, 4) is 0 Å². The molecule has 1 aromatic rings. The maximum absolute atomic E-state index is 11.8. The molecule has 0 spiro atoms. The average molecular weight is 398 g/mol. The van der Waals surface area contributed by atoms with Crippen molar-refractivity contribution in [2.75, 3.05) is 5.32 Å². The van der Waals surface area contributed by atoms with E-state index < -0.39 is 0 Å². The Morgan fingerprint density at radius 2 is 2.12 bits per heavy atom. The predicted octanol–water partition coefficient (Wildman–Crippen LogP) is 1.04. The van der Waals surface area contributed by atoms with Crippen LogP contribution in [0.15, 0.2) is 41.5 Å². The average Bonchev–Trinajstić information content (AvgIpc) is 2.36. The fourth-order valence-electron chi connectivity index (χ4n) is 1.02. The molecule has 3 N–H and O–H groups in total. The molecule has 0 atom stereocenters. The summed E-state index contributed by atoms with van der Waals surface area (Å²) >= 11 is 0.971. The zero-order chi connectivity index (χ0) is 12.7. The second kappa shape index (κ2) is 6.92. The fourth-order valence-corrected chi connectivity index (χ4v) is 1.39. The number of para-hydroxylation sites is 1. The molecule has 1 rings (SSSR count). The van der Waals surface area contributed by atoms with Crippen molar-refractivity contribution in [3.05, 3.63) is 42.6 Å². The van der Waals surface area contributed by atoms with E-state index in [1.807, 2.05) is 30.3 Å². The first-order valence-corrected chi connectivity index (χ1v) is 6.34. The number of anilines is 1. The molecule has 1 amide bonds. The Hall–Kier alpha value is -1.54. The van der Waals surface area contributed by atoms with E-state index >= 15 is 0 Å². The molecule has 0 saturated heterocycles. The van der Waals surface area contributed by atoms with E-state index in [1.54, 1.807) is 6.92 Å². The van der Waals surface area contributed by atoms with Gasteiger partial charge in [-0.1, -0.05) is 0 Å². The molecule has 5 heteroatoms. The van der Waals surface area contributed by atoms with Crippen LogP contribution in [0.3, 0.4) is 0 Å². The number of nitrogens with one attached hydrogen (secondary N) is 1. The molecule has 4 nitrogen and oxygen atoms in total. The van der Waals surface area contributed by atoms with Gasteiger partial charge in [0.25, 0.3) is 0 Å². The Labute approximate surface area is 111 Å². The Morgan fingerprint density at radius 1 is 1.47 bits per heavy atom. The van der Waals surface area contributed by atoms with Gasteiger partial charge in [0.2, 0.25) is 0 Å². The zero-order valence-corrected chi connectivity index (χ0v) is 12.2. The minimum atomic E-state index is -0.225. The Kier molecular flexibility index (Phi) is 5.50. The van der Waals surface area contributed by atoms with Crippen LogP contribution in [0.25, 0.3) is 0 Å². The van der Waals surface area contributed by atoms with Crippen LogP contribution < -0.4 is 11.1 Å². The monoisotopic (exact) mass is 398 g/mol. The third-order valence-electron chi connectivity index (χ3n) is 1.80. The second-order valence-corrected chi connectivity index (χ2v) is 4.55. The molecule has 0 aliphatic rings. The Balaban J connectivity index is 2.69. The number of allylic oxidation sites excluding steroid dienone is 1. The standard InChI is InChI=1S/C12H12N3O.W/c1-2-8-14-11(13)9-12(16)15-10-6-4-3-5-7-10;/h3-8H,1H3,(H2,13,14)(H,15,16);/q-1;. The van der Waals surface area contributed by atoms with Gasteiger partial charge in [-0.3, -0.25) is 0 Å². The number of carbonyl (C=O) groups is 1. The summed E-state index contributed by atoms with van der Waals surface area (Å²) in [5, 5.41) is 2.75. The summed E-state index contributed by atoms with van der Waals surface area (Å²) in [5.41, 5.74) is 6.40. The molecule has 0 aromatic heterocycles. The van der Waals surface area contributed by atoms with Gasteiger partial charge in [0.15, 0.2) is 0 Å². The van der Waals surface area contributed by atoms with E-state index in [4.69, 9.17) is 5.73 Å². The minimum absolute atomic E-state index is 0.225. The van der Waals surface area contributed by atoms with Crippen molar-refractivity contribution in [2.45, 2.75) is 6.92 Å². The van der Waals surface area contributed by atoms with Crippen molar-refractivity contribution in [1.82, 2.24) is 0 Å². The summed E-state index contributed by atoms with van der Waals surface area (Å²) in [6, 6.07) is 9.21. The van der Waals surface area contributed by atoms with Gasteiger partial charge in [-0.25, -0.2) is 0 Å².